The summed E-state index contributed by atoms with van der Waals surface area (Å²) in [6.07, 6.45) is 4.98. The van der Waals surface area contributed by atoms with Crippen LogP contribution in [0, 0.1) is 0 Å². The van der Waals surface area contributed by atoms with Crippen molar-refractivity contribution in [3.05, 3.63) is 29.8 Å². The van der Waals surface area contributed by atoms with Gasteiger partial charge in [0.2, 0.25) is 0 Å². The normalized spacial score (nSPS) is 10.4. The molecule has 4 nitrogen and oxygen atoms in total. The summed E-state index contributed by atoms with van der Waals surface area (Å²) in [5.74, 6) is 0.778. The van der Waals surface area contributed by atoms with E-state index in [9.17, 15) is 0 Å². The summed E-state index contributed by atoms with van der Waals surface area (Å²) in [5, 5.41) is 8.46. The van der Waals surface area contributed by atoms with Crippen molar-refractivity contribution in [1.82, 2.24) is 19.7 Å². The van der Waals surface area contributed by atoms with Crippen LogP contribution >= 0.6 is 11.6 Å². The van der Waals surface area contributed by atoms with Crippen LogP contribution in [0.25, 0.3) is 11.4 Å². The van der Waals surface area contributed by atoms with Gasteiger partial charge >= 0.3 is 0 Å². The van der Waals surface area contributed by atoms with Gasteiger partial charge in [-0.3, -0.25) is 4.98 Å². The summed E-state index contributed by atoms with van der Waals surface area (Å²) >= 11 is 6.00. The molecule has 0 atom stereocenters. The number of hydrogen-bond donors (Lipinski definition) is 0. The molecule has 0 N–H and O–H groups in total. The van der Waals surface area contributed by atoms with Crippen LogP contribution in [-0.2, 0) is 6.54 Å². The molecule has 0 amide bonds. The smallest absolute Gasteiger partial charge is 0.165 e. The van der Waals surface area contributed by atoms with Crippen molar-refractivity contribution < 1.29 is 0 Å². The van der Waals surface area contributed by atoms with Crippen molar-refractivity contribution in [1.29, 1.82) is 0 Å². The SMILES string of the molecule is CCn1cnnc1-c1ccncc1Cl. The van der Waals surface area contributed by atoms with Gasteiger partial charge in [0, 0.05) is 24.5 Å². The molecule has 5 heteroatoms. The summed E-state index contributed by atoms with van der Waals surface area (Å²) in [5.41, 5.74) is 0.862. The lowest BCUT2D eigenvalue weighted by Crippen LogP contribution is -1.96. The van der Waals surface area contributed by atoms with E-state index < -0.39 is 0 Å². The topological polar surface area (TPSA) is 43.6 Å². The molecular weight excluding hydrogens is 200 g/mol. The highest BCUT2D eigenvalue weighted by molar-refractivity contribution is 6.33. The van der Waals surface area contributed by atoms with Crippen molar-refractivity contribution in [2.75, 3.05) is 0 Å². The fourth-order valence-corrected chi connectivity index (χ4v) is 1.46. The Bertz CT molecular complexity index is 438. The molecule has 0 fully saturated rings. The molecule has 0 aliphatic carbocycles. The van der Waals surface area contributed by atoms with Gasteiger partial charge in [-0.2, -0.15) is 0 Å². The van der Waals surface area contributed by atoms with Gasteiger partial charge < -0.3 is 4.57 Å². The monoisotopic (exact) mass is 208 g/mol. The second-order valence-corrected chi connectivity index (χ2v) is 3.20. The molecule has 0 aromatic carbocycles. The highest BCUT2D eigenvalue weighted by Crippen LogP contribution is 2.24. The highest BCUT2D eigenvalue weighted by atomic mass is 35.5. The van der Waals surface area contributed by atoms with E-state index in [-0.39, 0.29) is 0 Å². The maximum atomic E-state index is 6.00. The average Bonchev–Trinajstić information content (AvgIpc) is 2.66. The Hall–Kier alpha value is -1.42. The second-order valence-electron chi connectivity index (χ2n) is 2.80. The maximum Gasteiger partial charge on any atom is 0.165 e. The molecule has 2 rings (SSSR count). The number of halogens is 1. The van der Waals surface area contributed by atoms with E-state index in [2.05, 4.69) is 15.2 Å². The van der Waals surface area contributed by atoms with Crippen LogP contribution in [0.15, 0.2) is 24.8 Å². The molecule has 2 aromatic rings. The molecule has 0 aliphatic rings. The molecule has 2 heterocycles. The zero-order chi connectivity index (χ0) is 9.97. The van der Waals surface area contributed by atoms with E-state index in [1.807, 2.05) is 17.6 Å². The van der Waals surface area contributed by atoms with E-state index in [0.29, 0.717) is 5.02 Å². The van der Waals surface area contributed by atoms with Gasteiger partial charge in [-0.05, 0) is 13.0 Å². The fourth-order valence-electron chi connectivity index (χ4n) is 1.25. The lowest BCUT2D eigenvalue weighted by atomic mass is 10.2. The molecule has 2 aromatic heterocycles. The van der Waals surface area contributed by atoms with Crippen LogP contribution in [-0.4, -0.2) is 19.7 Å². The molecule has 0 bridgehead atoms. The van der Waals surface area contributed by atoms with Crippen LogP contribution in [0.2, 0.25) is 5.02 Å². The Kier molecular flexibility index (Phi) is 2.45. The van der Waals surface area contributed by atoms with E-state index in [1.165, 1.54) is 0 Å². The first-order chi connectivity index (χ1) is 6.83. The van der Waals surface area contributed by atoms with E-state index in [4.69, 9.17) is 11.6 Å². The molecule has 0 aliphatic heterocycles. The molecule has 14 heavy (non-hydrogen) atoms. The maximum absolute atomic E-state index is 6.00. The molecule has 0 radical (unpaired) electrons. The summed E-state index contributed by atoms with van der Waals surface area (Å²) < 4.78 is 1.93. The van der Waals surface area contributed by atoms with Crippen molar-refractivity contribution in [3.63, 3.8) is 0 Å². The van der Waals surface area contributed by atoms with Crippen LogP contribution in [0.5, 0.6) is 0 Å². The molecule has 0 saturated heterocycles. The van der Waals surface area contributed by atoms with E-state index in [0.717, 1.165) is 17.9 Å². The van der Waals surface area contributed by atoms with E-state index >= 15 is 0 Å². The third kappa shape index (κ3) is 1.48. The number of pyridine rings is 1. The minimum atomic E-state index is 0.593. The first kappa shape index (κ1) is 9.15. The van der Waals surface area contributed by atoms with Crippen LogP contribution in [0.1, 0.15) is 6.92 Å². The number of hydrogen-bond acceptors (Lipinski definition) is 3. The Morgan fingerprint density at radius 1 is 1.50 bits per heavy atom. The molecule has 72 valence electrons. The number of aryl methyl sites for hydroxylation is 1. The third-order valence-corrected chi connectivity index (χ3v) is 2.27. The van der Waals surface area contributed by atoms with Gasteiger partial charge in [-0.15, -0.1) is 10.2 Å². The number of nitrogens with zero attached hydrogens (tertiary/aromatic N) is 4. The van der Waals surface area contributed by atoms with Gasteiger partial charge in [-0.1, -0.05) is 11.6 Å². The van der Waals surface area contributed by atoms with E-state index in [1.54, 1.807) is 18.7 Å². The largest absolute Gasteiger partial charge is 0.314 e. The van der Waals surface area contributed by atoms with Gasteiger partial charge in [0.25, 0.3) is 0 Å². The lowest BCUT2D eigenvalue weighted by molar-refractivity contribution is 0.767. The zero-order valence-electron chi connectivity index (χ0n) is 7.68. The van der Waals surface area contributed by atoms with Crippen LogP contribution < -0.4 is 0 Å². The molecule has 0 saturated carbocycles. The van der Waals surface area contributed by atoms with Gasteiger partial charge in [0.1, 0.15) is 6.33 Å². The molecule has 0 unspecified atom stereocenters. The molecular formula is C9H9ClN4. The Balaban J connectivity index is 2.54. The number of aromatic nitrogens is 4. The van der Waals surface area contributed by atoms with Gasteiger partial charge in [-0.25, -0.2) is 0 Å². The van der Waals surface area contributed by atoms with Crippen molar-refractivity contribution in [3.8, 4) is 11.4 Å². The number of rotatable bonds is 2. The highest BCUT2D eigenvalue weighted by Gasteiger charge is 2.09. The summed E-state index contributed by atoms with van der Waals surface area (Å²) in [7, 11) is 0. The average molecular weight is 209 g/mol. The van der Waals surface area contributed by atoms with Crippen LogP contribution in [0.3, 0.4) is 0 Å². The summed E-state index contributed by atoms with van der Waals surface area (Å²) in [4.78, 5) is 3.92. The first-order valence-corrected chi connectivity index (χ1v) is 4.68. The van der Waals surface area contributed by atoms with Crippen molar-refractivity contribution in [2.45, 2.75) is 13.5 Å². The van der Waals surface area contributed by atoms with Gasteiger partial charge in [0.15, 0.2) is 5.82 Å². The summed E-state index contributed by atoms with van der Waals surface area (Å²) in [6, 6.07) is 1.83. The third-order valence-electron chi connectivity index (χ3n) is 1.97. The molecule has 0 spiro atoms. The minimum absolute atomic E-state index is 0.593. The fraction of sp³-hybridized carbons (Fsp3) is 0.222. The predicted octanol–water partition coefficient (Wildman–Crippen LogP) is 2.01. The minimum Gasteiger partial charge on any atom is -0.314 e. The quantitative estimate of drug-likeness (QED) is 0.759. The first-order valence-electron chi connectivity index (χ1n) is 4.30. The van der Waals surface area contributed by atoms with Crippen LogP contribution in [0.4, 0.5) is 0 Å². The Labute approximate surface area is 86.6 Å². The summed E-state index contributed by atoms with van der Waals surface area (Å²) in [6.45, 7) is 2.85. The zero-order valence-corrected chi connectivity index (χ0v) is 8.44. The second kappa shape index (κ2) is 3.75. The van der Waals surface area contributed by atoms with Gasteiger partial charge in [0.05, 0.1) is 5.02 Å². The lowest BCUT2D eigenvalue weighted by Gasteiger charge is -2.03. The van der Waals surface area contributed by atoms with Crippen molar-refractivity contribution in [2.24, 2.45) is 0 Å². The Morgan fingerprint density at radius 3 is 3.07 bits per heavy atom. The Morgan fingerprint density at radius 2 is 2.36 bits per heavy atom. The van der Waals surface area contributed by atoms with Crippen molar-refractivity contribution >= 4 is 11.6 Å². The predicted molar refractivity (Wildman–Crippen MR) is 53.9 cm³/mol. The standard InChI is InChI=1S/C9H9ClN4/c1-2-14-6-12-13-9(14)7-3-4-11-5-8(7)10/h3-6H,2H2,1H3.